The molecular weight excluding hydrogens is 282 g/mol. The summed E-state index contributed by atoms with van der Waals surface area (Å²) < 4.78 is 5.21. The predicted molar refractivity (Wildman–Crippen MR) is 72.6 cm³/mol. The van der Waals surface area contributed by atoms with E-state index in [1.165, 1.54) is 12.3 Å². The molecule has 0 aliphatic carbocycles. The van der Waals surface area contributed by atoms with Gasteiger partial charge >= 0.3 is 5.97 Å². The third-order valence-corrected chi connectivity index (χ3v) is 3.89. The van der Waals surface area contributed by atoms with Crippen molar-refractivity contribution >= 4 is 23.4 Å². The van der Waals surface area contributed by atoms with Crippen molar-refractivity contribution < 1.29 is 14.6 Å². The average molecular weight is 296 g/mol. The van der Waals surface area contributed by atoms with Crippen LogP contribution in [0.5, 0.6) is 0 Å². The molecule has 1 aliphatic rings. The van der Waals surface area contributed by atoms with E-state index in [0.29, 0.717) is 37.4 Å². The van der Waals surface area contributed by atoms with Gasteiger partial charge in [0.1, 0.15) is 16.9 Å². The van der Waals surface area contributed by atoms with Gasteiger partial charge in [-0.1, -0.05) is 11.6 Å². The van der Waals surface area contributed by atoms with Crippen LogP contribution in [0, 0.1) is 16.7 Å². The number of nitrogens with zero attached hydrogens (tertiary/aromatic N) is 2. The summed E-state index contributed by atoms with van der Waals surface area (Å²) >= 11 is 6.03. The van der Waals surface area contributed by atoms with Crippen LogP contribution in [-0.2, 0) is 9.53 Å². The summed E-state index contributed by atoms with van der Waals surface area (Å²) in [6, 6.07) is 3.47. The van der Waals surface area contributed by atoms with Crippen LogP contribution in [-0.4, -0.2) is 35.8 Å². The van der Waals surface area contributed by atoms with Gasteiger partial charge < -0.3 is 15.2 Å². The molecule has 2 heterocycles. The van der Waals surface area contributed by atoms with E-state index < -0.39 is 11.4 Å². The Morgan fingerprint density at radius 1 is 1.60 bits per heavy atom. The normalized spacial score (nSPS) is 17.2. The van der Waals surface area contributed by atoms with Crippen LogP contribution in [0.25, 0.3) is 0 Å². The van der Waals surface area contributed by atoms with Crippen LogP contribution >= 0.6 is 11.6 Å². The predicted octanol–water partition coefficient (Wildman–Crippen LogP) is 1.90. The smallest absolute Gasteiger partial charge is 0.311 e. The highest BCUT2D eigenvalue weighted by Gasteiger charge is 2.40. The molecule has 7 heteroatoms. The number of pyridine rings is 1. The van der Waals surface area contributed by atoms with Crippen LogP contribution in [0.4, 0.5) is 5.82 Å². The summed E-state index contributed by atoms with van der Waals surface area (Å²) in [4.78, 5) is 15.5. The van der Waals surface area contributed by atoms with Crippen LogP contribution < -0.4 is 5.32 Å². The maximum Gasteiger partial charge on any atom is 0.311 e. The van der Waals surface area contributed by atoms with Gasteiger partial charge in [-0.25, -0.2) is 4.98 Å². The second-order valence-electron chi connectivity index (χ2n) is 4.68. The Balaban J connectivity index is 2.14. The fourth-order valence-corrected chi connectivity index (χ4v) is 2.36. The third kappa shape index (κ3) is 2.84. The summed E-state index contributed by atoms with van der Waals surface area (Å²) in [5.41, 5.74) is -0.577. The van der Waals surface area contributed by atoms with E-state index in [0.717, 1.165) is 0 Å². The molecule has 0 bridgehead atoms. The molecule has 0 saturated carbocycles. The van der Waals surface area contributed by atoms with Crippen molar-refractivity contribution in [3.8, 4) is 6.07 Å². The van der Waals surface area contributed by atoms with Crippen molar-refractivity contribution in [1.82, 2.24) is 4.98 Å². The SMILES string of the molecule is N#Cc1ccnc(NCC2(C(=O)O)CCOCC2)c1Cl. The van der Waals surface area contributed by atoms with Crippen molar-refractivity contribution in [1.29, 1.82) is 5.26 Å². The fraction of sp³-hybridized carbons (Fsp3) is 0.462. The molecule has 0 radical (unpaired) electrons. The molecule has 0 atom stereocenters. The Labute approximate surface area is 121 Å². The zero-order chi connectivity index (χ0) is 14.6. The first kappa shape index (κ1) is 14.6. The summed E-state index contributed by atoms with van der Waals surface area (Å²) in [5, 5.41) is 21.5. The Kier molecular flexibility index (Phi) is 4.42. The monoisotopic (exact) mass is 295 g/mol. The minimum atomic E-state index is -0.883. The number of halogens is 1. The molecular formula is C13H14ClN3O3. The molecule has 2 rings (SSSR count). The molecule has 6 nitrogen and oxygen atoms in total. The highest BCUT2D eigenvalue weighted by Crippen LogP contribution is 2.32. The van der Waals surface area contributed by atoms with Gasteiger partial charge in [0.15, 0.2) is 0 Å². The Morgan fingerprint density at radius 2 is 2.30 bits per heavy atom. The molecule has 1 aromatic rings. The number of anilines is 1. The van der Waals surface area contributed by atoms with Gasteiger partial charge in [0, 0.05) is 26.0 Å². The summed E-state index contributed by atoms with van der Waals surface area (Å²) in [5.74, 6) is -0.529. The highest BCUT2D eigenvalue weighted by molar-refractivity contribution is 6.34. The lowest BCUT2D eigenvalue weighted by atomic mass is 9.80. The number of hydrogen-bond donors (Lipinski definition) is 2. The summed E-state index contributed by atoms with van der Waals surface area (Å²) in [6.45, 7) is 1.05. The molecule has 1 fully saturated rings. The van der Waals surface area contributed by atoms with E-state index in [1.807, 2.05) is 6.07 Å². The van der Waals surface area contributed by atoms with E-state index in [4.69, 9.17) is 21.6 Å². The number of aromatic nitrogens is 1. The number of carbonyl (C=O) groups is 1. The topological polar surface area (TPSA) is 95.2 Å². The molecule has 20 heavy (non-hydrogen) atoms. The van der Waals surface area contributed by atoms with Gasteiger partial charge in [-0.2, -0.15) is 5.26 Å². The van der Waals surface area contributed by atoms with Gasteiger partial charge in [-0.3, -0.25) is 4.79 Å². The Hall–Kier alpha value is -1.84. The minimum Gasteiger partial charge on any atom is -0.481 e. The van der Waals surface area contributed by atoms with Gasteiger partial charge in [-0.15, -0.1) is 0 Å². The van der Waals surface area contributed by atoms with E-state index >= 15 is 0 Å². The fourth-order valence-electron chi connectivity index (χ4n) is 2.13. The minimum absolute atomic E-state index is 0.202. The quantitative estimate of drug-likeness (QED) is 0.881. The van der Waals surface area contributed by atoms with Crippen molar-refractivity contribution in [2.45, 2.75) is 12.8 Å². The second kappa shape index (κ2) is 6.07. The number of ether oxygens (including phenoxy) is 1. The Morgan fingerprint density at radius 3 is 2.90 bits per heavy atom. The van der Waals surface area contributed by atoms with Gasteiger partial charge in [-0.05, 0) is 18.9 Å². The first-order valence-electron chi connectivity index (χ1n) is 6.19. The van der Waals surface area contributed by atoms with Crippen LogP contribution in [0.3, 0.4) is 0 Å². The van der Waals surface area contributed by atoms with Crippen molar-refractivity contribution in [3.05, 3.63) is 22.8 Å². The van der Waals surface area contributed by atoms with Crippen LogP contribution in [0.15, 0.2) is 12.3 Å². The lowest BCUT2D eigenvalue weighted by Gasteiger charge is -2.33. The highest BCUT2D eigenvalue weighted by atomic mass is 35.5. The van der Waals surface area contributed by atoms with E-state index in [-0.39, 0.29) is 11.6 Å². The maximum absolute atomic E-state index is 11.5. The largest absolute Gasteiger partial charge is 0.481 e. The number of aliphatic carboxylic acids is 1. The van der Waals surface area contributed by atoms with Crippen molar-refractivity contribution in [3.63, 3.8) is 0 Å². The molecule has 106 valence electrons. The number of hydrogen-bond acceptors (Lipinski definition) is 5. The zero-order valence-corrected chi connectivity index (χ0v) is 11.5. The first-order valence-corrected chi connectivity index (χ1v) is 6.56. The molecule has 1 aromatic heterocycles. The van der Waals surface area contributed by atoms with Crippen molar-refractivity contribution in [2.75, 3.05) is 25.1 Å². The molecule has 0 spiro atoms. The summed E-state index contributed by atoms with van der Waals surface area (Å²) in [6.07, 6.45) is 2.33. The van der Waals surface area contributed by atoms with Gasteiger partial charge in [0.25, 0.3) is 0 Å². The molecule has 1 aliphatic heterocycles. The first-order chi connectivity index (χ1) is 9.59. The molecule has 2 N–H and O–H groups in total. The lowest BCUT2D eigenvalue weighted by molar-refractivity contribution is -0.153. The second-order valence-corrected chi connectivity index (χ2v) is 5.06. The van der Waals surface area contributed by atoms with Crippen molar-refractivity contribution in [2.24, 2.45) is 5.41 Å². The average Bonchev–Trinajstić information content (AvgIpc) is 2.47. The number of rotatable bonds is 4. The van der Waals surface area contributed by atoms with Gasteiger partial charge in [0.05, 0.1) is 11.0 Å². The summed E-state index contributed by atoms with van der Waals surface area (Å²) in [7, 11) is 0. The number of nitrogens with one attached hydrogen (secondary N) is 1. The van der Waals surface area contributed by atoms with Crippen LogP contribution in [0.2, 0.25) is 5.02 Å². The van der Waals surface area contributed by atoms with E-state index in [9.17, 15) is 9.90 Å². The lowest BCUT2D eigenvalue weighted by Crippen LogP contribution is -2.42. The number of carboxylic acids is 1. The number of carboxylic acid groups (broad SMARTS) is 1. The molecule has 1 saturated heterocycles. The molecule has 0 unspecified atom stereocenters. The third-order valence-electron chi connectivity index (χ3n) is 3.51. The maximum atomic E-state index is 11.5. The van der Waals surface area contributed by atoms with E-state index in [2.05, 4.69) is 10.3 Å². The number of nitriles is 1. The van der Waals surface area contributed by atoms with E-state index in [1.54, 1.807) is 0 Å². The standard InChI is InChI=1S/C13H14ClN3O3/c14-10-9(7-15)1-4-16-11(10)17-8-13(12(18)19)2-5-20-6-3-13/h1,4H,2-3,5-6,8H2,(H,16,17)(H,18,19). The molecule has 0 amide bonds. The zero-order valence-electron chi connectivity index (χ0n) is 10.7. The molecule has 0 aromatic carbocycles. The van der Waals surface area contributed by atoms with Crippen LogP contribution in [0.1, 0.15) is 18.4 Å². The Bertz CT molecular complexity index is 550. The van der Waals surface area contributed by atoms with Gasteiger partial charge in [0.2, 0.25) is 0 Å².